The van der Waals surface area contributed by atoms with Gasteiger partial charge in [0.1, 0.15) is 12.0 Å². The van der Waals surface area contributed by atoms with E-state index in [1.165, 1.54) is 17.6 Å². The van der Waals surface area contributed by atoms with Crippen molar-refractivity contribution in [3.05, 3.63) is 48.2 Å². The average molecular weight is 302 g/mol. The van der Waals surface area contributed by atoms with Crippen LogP contribution < -0.4 is 5.32 Å². The minimum absolute atomic E-state index is 0.419. The number of hydrogen-bond acceptors (Lipinski definition) is 7. The molecule has 0 saturated carbocycles. The van der Waals surface area contributed by atoms with Crippen molar-refractivity contribution in [3.63, 3.8) is 0 Å². The Morgan fingerprint density at radius 3 is 2.81 bits per heavy atom. The lowest BCUT2D eigenvalue weighted by atomic mass is 10.1. The number of hydrogen-bond donors (Lipinski definition) is 2. The SMILES string of the molecule is O[C@@H](CNc1nnc(-c2ccon2)s1)Cc1ccccc1. The van der Waals surface area contributed by atoms with E-state index in [2.05, 4.69) is 20.7 Å². The summed E-state index contributed by atoms with van der Waals surface area (Å²) in [7, 11) is 0. The van der Waals surface area contributed by atoms with E-state index >= 15 is 0 Å². The fraction of sp³-hybridized carbons (Fsp3) is 0.214. The lowest BCUT2D eigenvalue weighted by Crippen LogP contribution is -2.21. The van der Waals surface area contributed by atoms with Crippen molar-refractivity contribution in [2.45, 2.75) is 12.5 Å². The monoisotopic (exact) mass is 302 g/mol. The second kappa shape index (κ2) is 6.47. The fourth-order valence-electron chi connectivity index (χ4n) is 1.88. The first-order chi connectivity index (χ1) is 10.3. The minimum atomic E-state index is -0.480. The average Bonchev–Trinajstić information content (AvgIpc) is 3.17. The maximum absolute atomic E-state index is 10.0. The van der Waals surface area contributed by atoms with Crippen LogP contribution in [-0.4, -0.2) is 33.1 Å². The number of nitrogens with zero attached hydrogens (tertiary/aromatic N) is 3. The fourth-order valence-corrected chi connectivity index (χ4v) is 2.60. The van der Waals surface area contributed by atoms with Crippen molar-refractivity contribution in [1.82, 2.24) is 15.4 Å². The number of benzene rings is 1. The highest BCUT2D eigenvalue weighted by Crippen LogP contribution is 2.24. The van der Waals surface area contributed by atoms with Crippen LogP contribution in [0.25, 0.3) is 10.7 Å². The Morgan fingerprint density at radius 1 is 1.19 bits per heavy atom. The summed E-state index contributed by atoms with van der Waals surface area (Å²) >= 11 is 1.37. The second-order valence-corrected chi connectivity index (χ2v) is 5.50. The molecule has 6 nitrogen and oxygen atoms in total. The topological polar surface area (TPSA) is 84.1 Å². The first kappa shape index (κ1) is 13.7. The van der Waals surface area contributed by atoms with Crippen LogP contribution in [-0.2, 0) is 6.42 Å². The van der Waals surface area contributed by atoms with Gasteiger partial charge in [-0.05, 0) is 5.56 Å². The highest BCUT2D eigenvalue weighted by molar-refractivity contribution is 7.18. The van der Waals surface area contributed by atoms with Crippen LogP contribution >= 0.6 is 11.3 Å². The van der Waals surface area contributed by atoms with Crippen molar-refractivity contribution in [2.24, 2.45) is 0 Å². The van der Waals surface area contributed by atoms with Gasteiger partial charge in [0.05, 0.1) is 6.10 Å². The molecule has 1 aromatic carbocycles. The van der Waals surface area contributed by atoms with Crippen LogP contribution in [0.4, 0.5) is 5.13 Å². The largest absolute Gasteiger partial charge is 0.391 e. The summed E-state index contributed by atoms with van der Waals surface area (Å²) in [6, 6.07) is 11.6. The molecular weight excluding hydrogens is 288 g/mol. The predicted octanol–water partition coefficient (Wildman–Crippen LogP) is 2.21. The van der Waals surface area contributed by atoms with Gasteiger partial charge in [0.25, 0.3) is 0 Å². The third-order valence-electron chi connectivity index (χ3n) is 2.89. The summed E-state index contributed by atoms with van der Waals surface area (Å²) < 4.78 is 4.77. The van der Waals surface area contributed by atoms with Crippen molar-refractivity contribution in [2.75, 3.05) is 11.9 Å². The molecule has 3 rings (SSSR count). The molecule has 2 N–H and O–H groups in total. The quantitative estimate of drug-likeness (QED) is 0.726. The Morgan fingerprint density at radius 2 is 2.05 bits per heavy atom. The van der Waals surface area contributed by atoms with E-state index in [-0.39, 0.29) is 0 Å². The van der Waals surface area contributed by atoms with Gasteiger partial charge in [-0.15, -0.1) is 10.2 Å². The first-order valence-corrected chi connectivity index (χ1v) is 7.33. The summed E-state index contributed by atoms with van der Waals surface area (Å²) in [5.41, 5.74) is 1.76. The van der Waals surface area contributed by atoms with Gasteiger partial charge in [0, 0.05) is 19.0 Å². The smallest absolute Gasteiger partial charge is 0.206 e. The maximum Gasteiger partial charge on any atom is 0.206 e. The Labute approximate surface area is 125 Å². The molecule has 7 heteroatoms. The number of anilines is 1. The number of aromatic nitrogens is 3. The van der Waals surface area contributed by atoms with Crippen LogP contribution in [0.2, 0.25) is 0 Å². The van der Waals surface area contributed by atoms with E-state index in [1.807, 2.05) is 30.3 Å². The summed E-state index contributed by atoms with van der Waals surface area (Å²) in [6.07, 6.45) is 1.61. The normalized spacial score (nSPS) is 12.2. The lowest BCUT2D eigenvalue weighted by Gasteiger charge is -2.10. The van der Waals surface area contributed by atoms with Gasteiger partial charge < -0.3 is 14.9 Å². The summed E-state index contributed by atoms with van der Waals surface area (Å²) in [4.78, 5) is 0. The summed E-state index contributed by atoms with van der Waals surface area (Å²) in [5, 5.41) is 26.3. The van der Waals surface area contributed by atoms with Gasteiger partial charge in [0.15, 0.2) is 5.01 Å². The van der Waals surface area contributed by atoms with Gasteiger partial charge in [-0.25, -0.2) is 0 Å². The Kier molecular flexibility index (Phi) is 4.23. The van der Waals surface area contributed by atoms with Crippen molar-refractivity contribution in [1.29, 1.82) is 0 Å². The van der Waals surface area contributed by atoms with Crippen molar-refractivity contribution < 1.29 is 9.63 Å². The number of aliphatic hydroxyl groups is 1. The molecule has 0 spiro atoms. The molecule has 1 atom stereocenters. The number of rotatable bonds is 6. The number of nitrogens with one attached hydrogen (secondary N) is 1. The molecule has 0 fully saturated rings. The highest BCUT2D eigenvalue weighted by atomic mass is 32.1. The predicted molar refractivity (Wildman–Crippen MR) is 80.0 cm³/mol. The van der Waals surface area contributed by atoms with Gasteiger partial charge in [-0.1, -0.05) is 46.8 Å². The maximum atomic E-state index is 10.0. The van der Waals surface area contributed by atoms with E-state index in [1.54, 1.807) is 6.07 Å². The molecule has 21 heavy (non-hydrogen) atoms. The third-order valence-corrected chi connectivity index (χ3v) is 3.79. The van der Waals surface area contributed by atoms with Crippen molar-refractivity contribution >= 4 is 16.5 Å². The van der Waals surface area contributed by atoms with Crippen LogP contribution in [0.3, 0.4) is 0 Å². The zero-order chi connectivity index (χ0) is 14.5. The Bertz CT molecular complexity index is 669. The van der Waals surface area contributed by atoms with Gasteiger partial charge >= 0.3 is 0 Å². The zero-order valence-corrected chi connectivity index (χ0v) is 12.0. The zero-order valence-electron chi connectivity index (χ0n) is 11.1. The lowest BCUT2D eigenvalue weighted by molar-refractivity contribution is 0.188. The van der Waals surface area contributed by atoms with Crippen LogP contribution in [0.15, 0.2) is 47.2 Å². The van der Waals surface area contributed by atoms with Gasteiger partial charge in [-0.3, -0.25) is 0 Å². The summed E-state index contributed by atoms with van der Waals surface area (Å²) in [5.74, 6) is 0. The third kappa shape index (κ3) is 3.65. The molecule has 0 aliphatic rings. The molecule has 0 radical (unpaired) electrons. The highest BCUT2D eigenvalue weighted by Gasteiger charge is 2.11. The Balaban J connectivity index is 1.53. The van der Waals surface area contributed by atoms with E-state index in [9.17, 15) is 5.11 Å². The molecule has 108 valence electrons. The van der Waals surface area contributed by atoms with Crippen LogP contribution in [0.5, 0.6) is 0 Å². The van der Waals surface area contributed by atoms with Crippen molar-refractivity contribution in [3.8, 4) is 10.7 Å². The second-order valence-electron chi connectivity index (χ2n) is 4.52. The van der Waals surface area contributed by atoms with Gasteiger partial charge in [-0.2, -0.15) is 0 Å². The molecular formula is C14H14N4O2S. The first-order valence-electron chi connectivity index (χ1n) is 6.51. The molecule has 0 bridgehead atoms. The van der Waals surface area contributed by atoms with Crippen LogP contribution in [0.1, 0.15) is 5.56 Å². The van der Waals surface area contributed by atoms with E-state index < -0.39 is 6.10 Å². The van der Waals surface area contributed by atoms with E-state index in [0.717, 1.165) is 5.56 Å². The molecule has 2 aromatic heterocycles. The molecule has 0 unspecified atom stereocenters. The number of aliphatic hydroxyl groups excluding tert-OH is 1. The summed E-state index contributed by atoms with van der Waals surface area (Å²) in [6.45, 7) is 0.419. The van der Waals surface area contributed by atoms with Crippen LogP contribution in [0, 0.1) is 0 Å². The molecule has 2 heterocycles. The molecule has 0 aliphatic carbocycles. The van der Waals surface area contributed by atoms with E-state index in [0.29, 0.717) is 28.8 Å². The van der Waals surface area contributed by atoms with E-state index in [4.69, 9.17) is 4.52 Å². The Hall–Kier alpha value is -2.25. The molecule has 0 saturated heterocycles. The molecule has 0 amide bonds. The van der Waals surface area contributed by atoms with Gasteiger partial charge in [0.2, 0.25) is 5.13 Å². The standard InChI is InChI=1S/C14H14N4O2S/c19-11(8-10-4-2-1-3-5-10)9-15-14-17-16-13(21-14)12-6-7-20-18-12/h1-7,11,19H,8-9H2,(H,15,17)/t11-/m1/s1. The molecule has 0 aliphatic heterocycles. The molecule has 3 aromatic rings. The minimum Gasteiger partial charge on any atom is -0.391 e.